The number of carbonyl (C=O) groups excluding carboxylic acids is 1. The molecule has 0 radical (unpaired) electrons. The lowest BCUT2D eigenvalue weighted by molar-refractivity contribution is -0.128. The van der Waals surface area contributed by atoms with E-state index in [1.807, 2.05) is 11.8 Å². The zero-order valence-corrected chi connectivity index (χ0v) is 11.6. The van der Waals surface area contributed by atoms with E-state index >= 15 is 0 Å². The van der Waals surface area contributed by atoms with Crippen molar-refractivity contribution >= 4 is 17.7 Å². The second kappa shape index (κ2) is 4.14. The standard InChI is InChI=1S/C14H22N2OS/c17-13(12-7-18-8-15-12)16-14-4-9-1-10(5-14)3-11(2-9)6-14/h9-12,15H,1-8H2,(H,16,17). The van der Waals surface area contributed by atoms with E-state index in [9.17, 15) is 4.79 Å². The van der Waals surface area contributed by atoms with Crippen molar-refractivity contribution in [2.75, 3.05) is 11.6 Å². The van der Waals surface area contributed by atoms with E-state index in [0.717, 1.165) is 29.4 Å². The number of carbonyl (C=O) groups is 1. The highest BCUT2D eigenvalue weighted by Crippen LogP contribution is 2.55. The van der Waals surface area contributed by atoms with Gasteiger partial charge in [0.2, 0.25) is 5.91 Å². The lowest BCUT2D eigenvalue weighted by Gasteiger charge is -2.57. The first-order valence-electron chi connectivity index (χ1n) is 7.36. The molecule has 0 aromatic heterocycles. The lowest BCUT2D eigenvalue weighted by atomic mass is 9.53. The molecule has 4 heteroatoms. The zero-order chi connectivity index (χ0) is 12.2. The third kappa shape index (κ3) is 1.88. The molecule has 1 saturated heterocycles. The number of amides is 1. The molecule has 3 nitrogen and oxygen atoms in total. The van der Waals surface area contributed by atoms with Crippen LogP contribution in [0.2, 0.25) is 0 Å². The van der Waals surface area contributed by atoms with Crippen molar-refractivity contribution in [3.63, 3.8) is 0 Å². The van der Waals surface area contributed by atoms with Gasteiger partial charge < -0.3 is 5.32 Å². The van der Waals surface area contributed by atoms with Gasteiger partial charge in [0.25, 0.3) is 0 Å². The predicted octanol–water partition coefficient (Wildman–Crippen LogP) is 1.73. The van der Waals surface area contributed by atoms with E-state index in [1.54, 1.807) is 0 Å². The summed E-state index contributed by atoms with van der Waals surface area (Å²) in [6.45, 7) is 0. The van der Waals surface area contributed by atoms with Crippen molar-refractivity contribution in [1.82, 2.24) is 10.6 Å². The maximum atomic E-state index is 12.3. The second-order valence-electron chi connectivity index (χ2n) is 6.96. The monoisotopic (exact) mass is 266 g/mol. The van der Waals surface area contributed by atoms with Crippen molar-refractivity contribution in [2.24, 2.45) is 17.8 Å². The minimum absolute atomic E-state index is 0.0583. The van der Waals surface area contributed by atoms with Gasteiger partial charge in [-0.2, -0.15) is 0 Å². The van der Waals surface area contributed by atoms with Gasteiger partial charge in [0.05, 0.1) is 6.04 Å². The Bertz CT molecular complexity index is 330. The molecule has 1 aliphatic heterocycles. The number of nitrogens with one attached hydrogen (secondary N) is 2. The van der Waals surface area contributed by atoms with Crippen LogP contribution in [0.5, 0.6) is 0 Å². The Kier molecular flexibility index (Phi) is 2.66. The van der Waals surface area contributed by atoms with E-state index in [1.165, 1.54) is 38.5 Å². The van der Waals surface area contributed by atoms with Crippen LogP contribution in [-0.2, 0) is 4.79 Å². The lowest BCUT2D eigenvalue weighted by Crippen LogP contribution is -2.62. The summed E-state index contributed by atoms with van der Waals surface area (Å²) in [4.78, 5) is 12.3. The Morgan fingerprint density at radius 1 is 1.11 bits per heavy atom. The molecule has 18 heavy (non-hydrogen) atoms. The summed E-state index contributed by atoms with van der Waals surface area (Å²) in [7, 11) is 0. The molecule has 4 saturated carbocycles. The summed E-state index contributed by atoms with van der Waals surface area (Å²) in [6, 6.07) is 0.0583. The SMILES string of the molecule is O=C(NC12CC3CC(CC(C3)C1)C2)C1CSCN1. The molecule has 5 fully saturated rings. The van der Waals surface area contributed by atoms with Crippen LogP contribution >= 0.6 is 11.8 Å². The van der Waals surface area contributed by atoms with Crippen LogP contribution in [0.15, 0.2) is 0 Å². The summed E-state index contributed by atoms with van der Waals surface area (Å²) in [5.41, 5.74) is 0.181. The number of rotatable bonds is 2. The smallest absolute Gasteiger partial charge is 0.238 e. The molecule has 1 amide bonds. The van der Waals surface area contributed by atoms with Gasteiger partial charge in [-0.3, -0.25) is 10.1 Å². The van der Waals surface area contributed by atoms with Crippen LogP contribution in [0.1, 0.15) is 38.5 Å². The van der Waals surface area contributed by atoms with Crippen molar-refractivity contribution in [2.45, 2.75) is 50.1 Å². The summed E-state index contributed by atoms with van der Waals surface area (Å²) in [5, 5.41) is 6.74. The summed E-state index contributed by atoms with van der Waals surface area (Å²) in [6.07, 6.45) is 8.08. The minimum Gasteiger partial charge on any atom is -0.349 e. The molecule has 1 atom stereocenters. The fourth-order valence-electron chi connectivity index (χ4n) is 5.18. The molecule has 1 unspecified atom stereocenters. The average molecular weight is 266 g/mol. The summed E-state index contributed by atoms with van der Waals surface area (Å²) >= 11 is 1.83. The molecule has 5 aliphatic rings. The molecular formula is C14H22N2OS. The molecule has 100 valence electrons. The Morgan fingerprint density at radius 3 is 2.22 bits per heavy atom. The fourth-order valence-corrected chi connectivity index (χ4v) is 6.12. The number of hydrogen-bond acceptors (Lipinski definition) is 3. The van der Waals surface area contributed by atoms with Crippen molar-refractivity contribution < 1.29 is 4.79 Å². The Balaban J connectivity index is 1.48. The zero-order valence-electron chi connectivity index (χ0n) is 10.8. The minimum atomic E-state index is 0.0583. The van der Waals surface area contributed by atoms with Gasteiger partial charge in [-0.05, 0) is 56.3 Å². The van der Waals surface area contributed by atoms with Gasteiger partial charge in [0.1, 0.15) is 0 Å². The maximum Gasteiger partial charge on any atom is 0.238 e. The first-order chi connectivity index (χ1) is 8.72. The summed E-state index contributed by atoms with van der Waals surface area (Å²) in [5.74, 6) is 4.85. The van der Waals surface area contributed by atoms with Crippen LogP contribution in [0, 0.1) is 17.8 Å². The highest BCUT2D eigenvalue weighted by atomic mass is 32.2. The number of thioether (sulfide) groups is 1. The molecule has 5 rings (SSSR count). The van der Waals surface area contributed by atoms with Crippen molar-refractivity contribution in [3.8, 4) is 0 Å². The van der Waals surface area contributed by atoms with E-state index in [4.69, 9.17) is 0 Å². The van der Waals surface area contributed by atoms with E-state index in [2.05, 4.69) is 10.6 Å². The topological polar surface area (TPSA) is 41.1 Å². The van der Waals surface area contributed by atoms with Crippen LogP contribution < -0.4 is 10.6 Å². The highest BCUT2D eigenvalue weighted by Gasteiger charge is 2.51. The summed E-state index contributed by atoms with van der Waals surface area (Å²) < 4.78 is 0. The molecule has 0 aromatic carbocycles. The average Bonchev–Trinajstić information content (AvgIpc) is 2.79. The number of hydrogen-bond donors (Lipinski definition) is 2. The van der Waals surface area contributed by atoms with Gasteiger partial charge in [-0.15, -0.1) is 11.8 Å². The molecule has 0 aromatic rings. The normalized spacial score (nSPS) is 49.6. The molecule has 0 spiro atoms. The van der Waals surface area contributed by atoms with Crippen LogP contribution in [-0.4, -0.2) is 29.1 Å². The largest absolute Gasteiger partial charge is 0.349 e. The van der Waals surface area contributed by atoms with Crippen LogP contribution in [0.4, 0.5) is 0 Å². The molecule has 1 heterocycles. The Hall–Kier alpha value is -0.220. The van der Waals surface area contributed by atoms with E-state index in [-0.39, 0.29) is 17.5 Å². The maximum absolute atomic E-state index is 12.3. The fraction of sp³-hybridized carbons (Fsp3) is 0.929. The van der Waals surface area contributed by atoms with Crippen LogP contribution in [0.3, 0.4) is 0 Å². The molecule has 4 bridgehead atoms. The first kappa shape index (κ1) is 11.6. The van der Waals surface area contributed by atoms with Crippen molar-refractivity contribution in [3.05, 3.63) is 0 Å². The van der Waals surface area contributed by atoms with Gasteiger partial charge in [-0.25, -0.2) is 0 Å². The molecular weight excluding hydrogens is 244 g/mol. The first-order valence-corrected chi connectivity index (χ1v) is 8.51. The molecule has 4 aliphatic carbocycles. The Labute approximate surface area is 113 Å². The van der Waals surface area contributed by atoms with Gasteiger partial charge in [-0.1, -0.05) is 0 Å². The highest BCUT2D eigenvalue weighted by molar-refractivity contribution is 7.99. The van der Waals surface area contributed by atoms with E-state index < -0.39 is 0 Å². The quantitative estimate of drug-likeness (QED) is 0.800. The Morgan fingerprint density at radius 2 is 1.72 bits per heavy atom. The van der Waals surface area contributed by atoms with Gasteiger partial charge in [0, 0.05) is 17.2 Å². The van der Waals surface area contributed by atoms with E-state index in [0.29, 0.717) is 0 Å². The third-order valence-corrected chi connectivity index (χ3v) is 6.40. The van der Waals surface area contributed by atoms with Gasteiger partial charge in [0.15, 0.2) is 0 Å². The second-order valence-corrected chi connectivity index (χ2v) is 7.99. The molecule has 2 N–H and O–H groups in total. The predicted molar refractivity (Wildman–Crippen MR) is 73.3 cm³/mol. The van der Waals surface area contributed by atoms with Crippen molar-refractivity contribution in [1.29, 1.82) is 0 Å². The van der Waals surface area contributed by atoms with Gasteiger partial charge >= 0.3 is 0 Å². The van der Waals surface area contributed by atoms with Crippen LogP contribution in [0.25, 0.3) is 0 Å². The third-order valence-electron chi connectivity index (χ3n) is 5.46.